The standard InChI is InChI=1S/C13H8ClNOS.Zn/c14-9-5-3-4-8(12(9)16)13-15-10-6-1-2-7-11(10)17-13;/h1-7,16H;. The average Bonchev–Trinajstić information content (AvgIpc) is 2.76. The first-order valence-corrected chi connectivity index (χ1v) is 6.28. The molecule has 1 heterocycles. The smallest absolute Gasteiger partial charge is 0.144 e. The summed E-state index contributed by atoms with van der Waals surface area (Å²) in [7, 11) is 0. The Hall–Kier alpha value is -0.957. The summed E-state index contributed by atoms with van der Waals surface area (Å²) in [6.07, 6.45) is 0. The Morgan fingerprint density at radius 1 is 1.06 bits per heavy atom. The second kappa shape index (κ2) is 5.35. The van der Waals surface area contributed by atoms with Crippen LogP contribution in [0.2, 0.25) is 5.02 Å². The molecule has 3 rings (SSSR count). The number of hydrogen-bond acceptors (Lipinski definition) is 3. The summed E-state index contributed by atoms with van der Waals surface area (Å²) in [5, 5.41) is 11.0. The molecule has 0 unspecified atom stereocenters. The molecule has 0 radical (unpaired) electrons. The SMILES string of the molecule is Oc1c(Cl)cccc1-c1nc2ccccc2s1.[Zn]. The molecule has 5 heteroatoms. The van der Waals surface area contributed by atoms with E-state index >= 15 is 0 Å². The van der Waals surface area contributed by atoms with Gasteiger partial charge in [0.2, 0.25) is 0 Å². The van der Waals surface area contributed by atoms with E-state index in [0.29, 0.717) is 10.6 Å². The summed E-state index contributed by atoms with van der Waals surface area (Å²) >= 11 is 7.43. The van der Waals surface area contributed by atoms with Crippen molar-refractivity contribution in [1.29, 1.82) is 0 Å². The van der Waals surface area contributed by atoms with Crippen molar-refractivity contribution in [3.63, 3.8) is 0 Å². The zero-order valence-electron chi connectivity index (χ0n) is 9.43. The van der Waals surface area contributed by atoms with E-state index in [4.69, 9.17) is 11.6 Å². The summed E-state index contributed by atoms with van der Waals surface area (Å²) in [4.78, 5) is 4.48. The van der Waals surface area contributed by atoms with Gasteiger partial charge in [0, 0.05) is 19.5 Å². The Bertz CT molecular complexity index is 665. The van der Waals surface area contributed by atoms with Crippen LogP contribution in [-0.4, -0.2) is 10.1 Å². The van der Waals surface area contributed by atoms with Crippen molar-refractivity contribution in [3.8, 4) is 16.3 Å². The number of halogens is 1. The second-order valence-electron chi connectivity index (χ2n) is 3.62. The van der Waals surface area contributed by atoms with Gasteiger partial charge in [-0.1, -0.05) is 29.8 Å². The third kappa shape index (κ3) is 2.28. The molecule has 0 bridgehead atoms. The minimum absolute atomic E-state index is 0. The molecule has 0 saturated carbocycles. The molecule has 0 amide bonds. The maximum Gasteiger partial charge on any atom is 0.144 e. The van der Waals surface area contributed by atoms with Crippen molar-refractivity contribution < 1.29 is 24.6 Å². The Morgan fingerprint density at radius 3 is 2.61 bits per heavy atom. The summed E-state index contributed by atoms with van der Waals surface area (Å²) in [6.45, 7) is 0. The largest absolute Gasteiger partial charge is 0.506 e. The minimum atomic E-state index is 0. The van der Waals surface area contributed by atoms with Gasteiger partial charge in [-0.25, -0.2) is 4.98 Å². The van der Waals surface area contributed by atoms with Crippen LogP contribution in [0.4, 0.5) is 0 Å². The molecule has 2 nitrogen and oxygen atoms in total. The predicted molar refractivity (Wildman–Crippen MR) is 71.7 cm³/mol. The van der Waals surface area contributed by atoms with Crippen molar-refractivity contribution >= 4 is 33.2 Å². The van der Waals surface area contributed by atoms with Crippen LogP contribution in [0.25, 0.3) is 20.8 Å². The fourth-order valence-electron chi connectivity index (χ4n) is 1.68. The molecule has 0 saturated heterocycles. The predicted octanol–water partition coefficient (Wildman–Crippen LogP) is 4.32. The maximum absolute atomic E-state index is 9.91. The number of para-hydroxylation sites is 2. The van der Waals surface area contributed by atoms with E-state index in [9.17, 15) is 5.11 Å². The number of fused-ring (bicyclic) bond motifs is 1. The van der Waals surface area contributed by atoms with Gasteiger partial charge >= 0.3 is 0 Å². The Labute approximate surface area is 126 Å². The van der Waals surface area contributed by atoms with Gasteiger partial charge in [-0.05, 0) is 24.3 Å². The monoisotopic (exact) mass is 325 g/mol. The average molecular weight is 327 g/mol. The molecule has 86 valence electrons. The van der Waals surface area contributed by atoms with Crippen molar-refractivity contribution in [1.82, 2.24) is 4.98 Å². The van der Waals surface area contributed by atoms with E-state index in [-0.39, 0.29) is 25.2 Å². The van der Waals surface area contributed by atoms with Gasteiger partial charge in [-0.2, -0.15) is 0 Å². The number of benzene rings is 2. The van der Waals surface area contributed by atoms with Crippen LogP contribution in [0.15, 0.2) is 42.5 Å². The van der Waals surface area contributed by atoms with Gasteiger partial charge in [-0.3, -0.25) is 0 Å². The van der Waals surface area contributed by atoms with E-state index in [2.05, 4.69) is 4.98 Å². The molecule has 18 heavy (non-hydrogen) atoms. The van der Waals surface area contributed by atoms with Gasteiger partial charge in [0.15, 0.2) is 0 Å². The van der Waals surface area contributed by atoms with Gasteiger partial charge in [0.1, 0.15) is 10.8 Å². The minimum Gasteiger partial charge on any atom is -0.506 e. The van der Waals surface area contributed by atoms with E-state index in [1.165, 1.54) is 0 Å². The fraction of sp³-hybridized carbons (Fsp3) is 0. The third-order valence-corrected chi connectivity index (χ3v) is 3.89. The van der Waals surface area contributed by atoms with E-state index < -0.39 is 0 Å². The fourth-order valence-corrected chi connectivity index (χ4v) is 2.84. The van der Waals surface area contributed by atoms with E-state index in [1.54, 1.807) is 17.4 Å². The second-order valence-corrected chi connectivity index (χ2v) is 5.06. The van der Waals surface area contributed by atoms with Crippen LogP contribution in [-0.2, 0) is 19.5 Å². The molecule has 0 atom stereocenters. The van der Waals surface area contributed by atoms with Crippen LogP contribution in [0.5, 0.6) is 5.75 Å². The van der Waals surface area contributed by atoms with Crippen LogP contribution in [0.3, 0.4) is 0 Å². The van der Waals surface area contributed by atoms with Gasteiger partial charge in [0.05, 0.1) is 20.8 Å². The number of thiazole rings is 1. The summed E-state index contributed by atoms with van der Waals surface area (Å²) < 4.78 is 1.10. The molecular formula is C13H8ClNOSZn. The van der Waals surface area contributed by atoms with Crippen molar-refractivity contribution in [2.75, 3.05) is 0 Å². The number of hydrogen-bond donors (Lipinski definition) is 1. The number of phenolic OH excluding ortho intramolecular Hbond substituents is 1. The Kier molecular flexibility index (Phi) is 4.01. The molecule has 1 aromatic heterocycles. The van der Waals surface area contributed by atoms with E-state index in [1.807, 2.05) is 36.4 Å². The molecule has 0 spiro atoms. The Balaban J connectivity index is 0.00000120. The number of rotatable bonds is 1. The van der Waals surface area contributed by atoms with Crippen LogP contribution in [0, 0.1) is 0 Å². The number of aromatic nitrogens is 1. The van der Waals surface area contributed by atoms with Gasteiger partial charge < -0.3 is 5.11 Å². The summed E-state index contributed by atoms with van der Waals surface area (Å²) in [5.41, 5.74) is 1.62. The molecule has 0 fully saturated rings. The molecule has 3 aromatic rings. The van der Waals surface area contributed by atoms with Crippen LogP contribution in [0.1, 0.15) is 0 Å². The van der Waals surface area contributed by atoms with Crippen molar-refractivity contribution in [3.05, 3.63) is 47.5 Å². The normalized spacial score (nSPS) is 10.3. The maximum atomic E-state index is 9.91. The topological polar surface area (TPSA) is 33.1 Å². The zero-order valence-corrected chi connectivity index (χ0v) is 14.0. The molecule has 0 aliphatic rings. The van der Waals surface area contributed by atoms with Crippen LogP contribution >= 0.6 is 22.9 Å². The number of phenols is 1. The summed E-state index contributed by atoms with van der Waals surface area (Å²) in [6, 6.07) is 13.2. The molecule has 2 aromatic carbocycles. The summed E-state index contributed by atoms with van der Waals surface area (Å²) in [5.74, 6) is 0.0909. The van der Waals surface area contributed by atoms with Gasteiger partial charge in [-0.15, -0.1) is 11.3 Å². The third-order valence-electron chi connectivity index (χ3n) is 2.51. The Morgan fingerprint density at radius 2 is 1.83 bits per heavy atom. The quantitative estimate of drug-likeness (QED) is 0.675. The first-order valence-electron chi connectivity index (χ1n) is 5.09. The molecule has 0 aliphatic heterocycles. The molecule has 0 aliphatic carbocycles. The van der Waals surface area contributed by atoms with Crippen LogP contribution < -0.4 is 0 Å². The number of aromatic hydroxyl groups is 1. The van der Waals surface area contributed by atoms with E-state index in [0.717, 1.165) is 15.2 Å². The number of nitrogens with zero attached hydrogens (tertiary/aromatic N) is 1. The first-order chi connectivity index (χ1) is 8.25. The molecular weight excluding hydrogens is 319 g/mol. The van der Waals surface area contributed by atoms with Crippen molar-refractivity contribution in [2.45, 2.75) is 0 Å². The van der Waals surface area contributed by atoms with Crippen molar-refractivity contribution in [2.24, 2.45) is 0 Å². The molecule has 1 N–H and O–H groups in total. The first kappa shape index (κ1) is 13.5. The zero-order chi connectivity index (χ0) is 11.8. The van der Waals surface area contributed by atoms with Gasteiger partial charge in [0.25, 0.3) is 0 Å².